The number of anilines is 2. The van der Waals surface area contributed by atoms with Gasteiger partial charge in [-0.2, -0.15) is 0 Å². The van der Waals surface area contributed by atoms with Gasteiger partial charge in [0.1, 0.15) is 0 Å². The molecule has 3 atom stereocenters. The number of halogens is 1. The SMILES string of the molecule is CC(C)[C@H](C[C@H](O)[C@@H](N)CN1CC(=O)N(c2ccccc2Cl)CC1(C)C)C(=O)Nc1cccnc1.O=C(O)/C=C/C(=O)O. The monoisotopic (exact) mass is 617 g/mol. The van der Waals surface area contributed by atoms with E-state index in [-0.39, 0.29) is 36.2 Å². The van der Waals surface area contributed by atoms with Crippen molar-refractivity contribution < 1.29 is 34.5 Å². The number of aliphatic hydroxyl groups excluding tert-OH is 1. The molecule has 13 heteroatoms. The van der Waals surface area contributed by atoms with Crippen LogP contribution in [0.1, 0.15) is 34.1 Å². The van der Waals surface area contributed by atoms with Gasteiger partial charge >= 0.3 is 11.9 Å². The molecule has 1 aromatic heterocycles. The number of hydrogen-bond acceptors (Lipinski definition) is 8. The van der Waals surface area contributed by atoms with Crippen molar-refractivity contribution in [2.45, 2.75) is 51.8 Å². The molecule has 1 aliphatic rings. The molecule has 0 unspecified atom stereocenters. The summed E-state index contributed by atoms with van der Waals surface area (Å²) in [6.07, 6.45) is 3.65. The van der Waals surface area contributed by atoms with Crippen LogP contribution in [0.2, 0.25) is 5.02 Å². The van der Waals surface area contributed by atoms with E-state index in [4.69, 9.17) is 27.5 Å². The van der Waals surface area contributed by atoms with E-state index in [9.17, 15) is 24.3 Å². The fourth-order valence-electron chi connectivity index (χ4n) is 4.55. The van der Waals surface area contributed by atoms with Crippen LogP contribution in [0.3, 0.4) is 0 Å². The van der Waals surface area contributed by atoms with Crippen LogP contribution in [-0.4, -0.2) is 86.3 Å². The standard InChI is InChI=1S/C26H36ClN5O3.C4H4O4/c1-17(2)19(25(35)30-18-8-7-11-29-13-18)12-23(33)21(28)14-31-15-24(34)32(16-26(31,3)4)22-10-6-5-9-20(22)27;5-3(6)1-2-4(7)8/h5-11,13,17,19,21,23,33H,12,14-16,28H2,1-4H3,(H,30,35);1-2H,(H,5,6)(H,7,8)/b;2-1+/t19-,21-,23-;/m0./s1. The molecule has 2 heterocycles. The Morgan fingerprint density at radius 1 is 1.12 bits per heavy atom. The van der Waals surface area contributed by atoms with Gasteiger partial charge in [-0.15, -0.1) is 0 Å². The largest absolute Gasteiger partial charge is 0.478 e. The summed E-state index contributed by atoms with van der Waals surface area (Å²) in [5.74, 6) is -3.19. The van der Waals surface area contributed by atoms with Gasteiger partial charge in [-0.3, -0.25) is 19.5 Å². The van der Waals surface area contributed by atoms with Gasteiger partial charge in [0.2, 0.25) is 11.8 Å². The van der Waals surface area contributed by atoms with Gasteiger partial charge in [0.15, 0.2) is 0 Å². The van der Waals surface area contributed by atoms with E-state index in [2.05, 4.69) is 10.3 Å². The van der Waals surface area contributed by atoms with Gasteiger partial charge in [0, 0.05) is 48.9 Å². The average molecular weight is 618 g/mol. The number of carbonyl (C=O) groups excluding carboxylic acids is 2. The number of amides is 2. The van der Waals surface area contributed by atoms with Crippen molar-refractivity contribution in [1.82, 2.24) is 9.88 Å². The topological polar surface area (TPSA) is 186 Å². The van der Waals surface area contributed by atoms with Crippen LogP contribution in [0.15, 0.2) is 60.9 Å². The summed E-state index contributed by atoms with van der Waals surface area (Å²) >= 11 is 6.33. The number of carbonyl (C=O) groups is 4. The minimum atomic E-state index is -1.26. The van der Waals surface area contributed by atoms with Crippen LogP contribution in [0.5, 0.6) is 0 Å². The molecule has 0 radical (unpaired) electrons. The van der Waals surface area contributed by atoms with E-state index in [0.717, 1.165) is 0 Å². The zero-order valence-electron chi connectivity index (χ0n) is 24.7. The molecule has 0 aliphatic carbocycles. The normalized spacial score (nSPS) is 17.1. The van der Waals surface area contributed by atoms with E-state index in [1.54, 1.807) is 35.5 Å². The van der Waals surface area contributed by atoms with Crippen molar-refractivity contribution in [2.75, 3.05) is 29.9 Å². The third kappa shape index (κ3) is 11.1. The van der Waals surface area contributed by atoms with Crippen molar-refractivity contribution in [3.05, 3.63) is 66.0 Å². The molecule has 0 spiro atoms. The molecule has 0 bridgehead atoms. The first-order valence-corrected chi connectivity index (χ1v) is 14.1. The van der Waals surface area contributed by atoms with Crippen molar-refractivity contribution in [1.29, 1.82) is 0 Å². The zero-order valence-corrected chi connectivity index (χ0v) is 25.4. The molecule has 3 rings (SSSR count). The maximum atomic E-state index is 13.0. The molecule has 2 amide bonds. The Balaban J connectivity index is 0.000000708. The molecule has 43 heavy (non-hydrogen) atoms. The third-order valence-electron chi connectivity index (χ3n) is 7.03. The summed E-state index contributed by atoms with van der Waals surface area (Å²) in [4.78, 5) is 52.7. The second kappa shape index (κ2) is 16.1. The Bertz CT molecular complexity index is 1270. The van der Waals surface area contributed by atoms with Crippen LogP contribution in [0, 0.1) is 11.8 Å². The fraction of sp³-hybridized carbons (Fsp3) is 0.433. The molecule has 234 valence electrons. The predicted molar refractivity (Wildman–Crippen MR) is 164 cm³/mol. The van der Waals surface area contributed by atoms with E-state index >= 15 is 0 Å². The maximum absolute atomic E-state index is 13.0. The second-order valence-electron chi connectivity index (χ2n) is 11.2. The number of aromatic nitrogens is 1. The molecule has 0 saturated carbocycles. The van der Waals surface area contributed by atoms with Gasteiger partial charge in [0.25, 0.3) is 0 Å². The lowest BCUT2D eigenvalue weighted by Gasteiger charge is -2.47. The number of nitrogens with zero attached hydrogens (tertiary/aromatic N) is 3. The lowest BCUT2D eigenvalue weighted by Crippen LogP contribution is -2.64. The first-order valence-electron chi connectivity index (χ1n) is 13.7. The molecule has 2 aromatic rings. The Labute approximate surface area is 256 Å². The molecular weight excluding hydrogens is 578 g/mol. The Hall–Kier alpha value is -3.84. The number of benzene rings is 1. The number of hydrogen-bond donors (Lipinski definition) is 5. The minimum Gasteiger partial charge on any atom is -0.478 e. The number of carboxylic acid groups (broad SMARTS) is 2. The van der Waals surface area contributed by atoms with Crippen molar-refractivity contribution >= 4 is 46.7 Å². The number of pyridine rings is 1. The zero-order chi connectivity index (χ0) is 32.3. The summed E-state index contributed by atoms with van der Waals surface area (Å²) in [5.41, 5.74) is 7.32. The molecule has 6 N–H and O–H groups in total. The van der Waals surface area contributed by atoms with Gasteiger partial charge in [-0.05, 0) is 50.5 Å². The highest BCUT2D eigenvalue weighted by molar-refractivity contribution is 6.33. The molecule has 1 saturated heterocycles. The van der Waals surface area contributed by atoms with Gasteiger partial charge in [0.05, 0.1) is 35.2 Å². The second-order valence-corrected chi connectivity index (χ2v) is 11.6. The van der Waals surface area contributed by atoms with Crippen LogP contribution in [-0.2, 0) is 19.2 Å². The molecule has 12 nitrogen and oxygen atoms in total. The predicted octanol–water partition coefficient (Wildman–Crippen LogP) is 2.86. The lowest BCUT2D eigenvalue weighted by atomic mass is 9.87. The van der Waals surface area contributed by atoms with Crippen molar-refractivity contribution in [3.8, 4) is 0 Å². The summed E-state index contributed by atoms with van der Waals surface area (Å²) < 4.78 is 0. The molecule has 1 aliphatic heterocycles. The summed E-state index contributed by atoms with van der Waals surface area (Å²) in [6, 6.07) is 10.2. The van der Waals surface area contributed by atoms with Gasteiger partial charge < -0.3 is 31.3 Å². The number of carboxylic acids is 2. The highest BCUT2D eigenvalue weighted by Crippen LogP contribution is 2.31. The van der Waals surface area contributed by atoms with E-state index in [0.29, 0.717) is 41.6 Å². The first kappa shape index (κ1) is 35.4. The Morgan fingerprint density at radius 2 is 1.74 bits per heavy atom. The smallest absolute Gasteiger partial charge is 0.328 e. The summed E-state index contributed by atoms with van der Waals surface area (Å²) in [5, 5.41) is 30.0. The molecular formula is C30H40ClN5O7. The number of nitrogens with one attached hydrogen (secondary N) is 1. The van der Waals surface area contributed by atoms with E-state index in [1.807, 2.05) is 50.8 Å². The average Bonchev–Trinajstić information content (AvgIpc) is 2.93. The van der Waals surface area contributed by atoms with Gasteiger partial charge in [-0.1, -0.05) is 37.6 Å². The number of piperazine rings is 1. The number of para-hydroxylation sites is 1. The number of rotatable bonds is 11. The van der Waals surface area contributed by atoms with Crippen LogP contribution in [0.4, 0.5) is 11.4 Å². The number of aliphatic carboxylic acids is 2. The van der Waals surface area contributed by atoms with E-state index < -0.39 is 30.0 Å². The van der Waals surface area contributed by atoms with Crippen molar-refractivity contribution in [3.63, 3.8) is 0 Å². The summed E-state index contributed by atoms with van der Waals surface area (Å²) in [6.45, 7) is 8.91. The van der Waals surface area contributed by atoms with Crippen LogP contribution in [0.25, 0.3) is 0 Å². The third-order valence-corrected chi connectivity index (χ3v) is 7.35. The van der Waals surface area contributed by atoms with Gasteiger partial charge in [-0.25, -0.2) is 9.59 Å². The summed E-state index contributed by atoms with van der Waals surface area (Å²) in [7, 11) is 0. The van der Waals surface area contributed by atoms with E-state index in [1.165, 1.54) is 0 Å². The number of nitrogens with two attached hydrogens (primary N) is 1. The minimum absolute atomic E-state index is 0.00528. The maximum Gasteiger partial charge on any atom is 0.328 e. The Kier molecular flexibility index (Phi) is 13.3. The highest BCUT2D eigenvalue weighted by Gasteiger charge is 2.40. The fourth-order valence-corrected chi connectivity index (χ4v) is 4.78. The van der Waals surface area contributed by atoms with Crippen LogP contribution < -0.4 is 16.0 Å². The van der Waals surface area contributed by atoms with Crippen molar-refractivity contribution in [2.24, 2.45) is 17.6 Å². The quantitative estimate of drug-likeness (QED) is 0.235. The first-order chi connectivity index (χ1) is 20.1. The molecule has 1 fully saturated rings. The van der Waals surface area contributed by atoms with Crippen LogP contribution >= 0.6 is 11.6 Å². The molecule has 1 aromatic carbocycles. The lowest BCUT2D eigenvalue weighted by molar-refractivity contribution is -0.134. The number of aliphatic hydroxyl groups is 1. The highest BCUT2D eigenvalue weighted by atomic mass is 35.5. The Morgan fingerprint density at radius 3 is 2.28 bits per heavy atom.